The third-order valence-electron chi connectivity index (χ3n) is 3.49. The first kappa shape index (κ1) is 15.2. The first-order valence-electron chi connectivity index (χ1n) is 6.61. The van der Waals surface area contributed by atoms with Gasteiger partial charge >= 0.3 is 6.18 Å². The van der Waals surface area contributed by atoms with Crippen LogP contribution in [0.3, 0.4) is 0 Å². The molecule has 1 saturated carbocycles. The van der Waals surface area contributed by atoms with Gasteiger partial charge in [-0.25, -0.2) is 0 Å². The highest BCUT2D eigenvalue weighted by Gasteiger charge is 2.45. The molecule has 1 heterocycles. The zero-order valence-corrected chi connectivity index (χ0v) is 11.2. The first-order chi connectivity index (χ1) is 9.50. The largest absolute Gasteiger partial charge is 0.393 e. The fraction of sp³-hybridized carbons (Fsp3) is 0.833. The maximum absolute atomic E-state index is 12.9. The molecule has 0 radical (unpaired) electrons. The highest BCUT2D eigenvalue weighted by atomic mass is 19.4. The lowest BCUT2D eigenvalue weighted by molar-refractivity contribution is -0.189. The van der Waals surface area contributed by atoms with Gasteiger partial charge < -0.3 is 14.6 Å². The van der Waals surface area contributed by atoms with Crippen molar-refractivity contribution < 1.29 is 22.4 Å². The van der Waals surface area contributed by atoms with Crippen molar-refractivity contribution in [1.29, 1.82) is 0 Å². The normalized spacial score (nSPS) is 24.0. The van der Waals surface area contributed by atoms with Crippen LogP contribution in [0, 0.1) is 5.92 Å². The highest BCUT2D eigenvalue weighted by molar-refractivity contribution is 4.89. The van der Waals surface area contributed by atoms with Gasteiger partial charge in [-0.3, -0.25) is 0 Å². The second-order valence-corrected chi connectivity index (χ2v) is 4.96. The minimum atomic E-state index is -4.16. The van der Waals surface area contributed by atoms with Gasteiger partial charge in [0.15, 0.2) is 5.82 Å². The van der Waals surface area contributed by atoms with Gasteiger partial charge in [-0.15, -0.1) is 0 Å². The maximum Gasteiger partial charge on any atom is 0.393 e. The summed E-state index contributed by atoms with van der Waals surface area (Å²) in [6.45, 7) is 0.367. The number of nitrogens with zero attached hydrogens (tertiary/aromatic N) is 2. The number of hydrogen-bond acceptors (Lipinski definition) is 5. The summed E-state index contributed by atoms with van der Waals surface area (Å²) in [6.07, 6.45) is -2.01. The van der Waals surface area contributed by atoms with E-state index in [1.54, 1.807) is 0 Å². The molecule has 2 unspecified atom stereocenters. The maximum atomic E-state index is 12.9. The Bertz CT molecular complexity index is 422. The summed E-state index contributed by atoms with van der Waals surface area (Å²) in [6, 6.07) is -0.576. The predicted octanol–water partition coefficient (Wildman–Crippen LogP) is 2.43. The molecule has 0 bridgehead atoms. The number of hydrogen-bond donors (Lipinski definition) is 1. The summed E-state index contributed by atoms with van der Waals surface area (Å²) < 4.78 is 48.5. The number of alkyl halides is 3. The molecule has 2 atom stereocenters. The van der Waals surface area contributed by atoms with E-state index in [1.807, 2.05) is 0 Å². The summed E-state index contributed by atoms with van der Waals surface area (Å²) in [5, 5.41) is 6.60. The molecule has 1 N–H and O–H groups in total. The Morgan fingerprint density at radius 1 is 1.35 bits per heavy atom. The van der Waals surface area contributed by atoms with E-state index < -0.39 is 18.1 Å². The lowest BCUT2D eigenvalue weighted by Gasteiger charge is -2.33. The SMILES string of the molecule is COCc1nc(CNC2CCCCC2C(F)(F)F)no1. The number of aromatic nitrogens is 2. The van der Waals surface area contributed by atoms with Gasteiger partial charge in [0, 0.05) is 13.2 Å². The standard InChI is InChI=1S/C12H18F3N3O2/c1-19-7-11-17-10(18-20-11)6-16-9-5-3-2-4-8(9)12(13,14)15/h8-9,16H,2-7H2,1H3. The van der Waals surface area contributed by atoms with Crippen molar-refractivity contribution in [1.82, 2.24) is 15.5 Å². The quantitative estimate of drug-likeness (QED) is 0.903. The molecule has 0 aromatic carbocycles. The lowest BCUT2D eigenvalue weighted by Crippen LogP contribution is -2.45. The molecule has 20 heavy (non-hydrogen) atoms. The van der Waals surface area contributed by atoms with E-state index in [2.05, 4.69) is 15.5 Å². The summed E-state index contributed by atoms with van der Waals surface area (Å²) in [4.78, 5) is 4.03. The van der Waals surface area contributed by atoms with Gasteiger partial charge in [0.05, 0.1) is 12.5 Å². The van der Waals surface area contributed by atoms with Crippen LogP contribution in [0.25, 0.3) is 0 Å². The molecule has 0 aliphatic heterocycles. The van der Waals surface area contributed by atoms with Crippen molar-refractivity contribution in [2.45, 2.75) is 51.1 Å². The number of ether oxygens (including phenoxy) is 1. The van der Waals surface area contributed by atoms with Crippen molar-refractivity contribution in [3.63, 3.8) is 0 Å². The van der Waals surface area contributed by atoms with Gasteiger partial charge in [-0.05, 0) is 12.8 Å². The molecule has 0 saturated heterocycles. The van der Waals surface area contributed by atoms with Crippen molar-refractivity contribution in [2.24, 2.45) is 5.92 Å². The molecule has 1 aliphatic carbocycles. The van der Waals surface area contributed by atoms with E-state index in [0.29, 0.717) is 24.6 Å². The Hall–Kier alpha value is -1.15. The number of halogens is 3. The van der Waals surface area contributed by atoms with Gasteiger partial charge in [-0.1, -0.05) is 18.0 Å². The predicted molar refractivity (Wildman–Crippen MR) is 63.7 cm³/mol. The molecule has 8 heteroatoms. The van der Waals surface area contributed by atoms with E-state index in [0.717, 1.165) is 6.42 Å². The second kappa shape index (κ2) is 6.53. The number of nitrogens with one attached hydrogen (secondary N) is 1. The third-order valence-corrected chi connectivity index (χ3v) is 3.49. The Balaban J connectivity index is 1.90. The average Bonchev–Trinajstić information content (AvgIpc) is 2.84. The molecule has 1 fully saturated rings. The van der Waals surface area contributed by atoms with Crippen molar-refractivity contribution in [3.05, 3.63) is 11.7 Å². The molecule has 114 valence electrons. The Morgan fingerprint density at radius 2 is 2.10 bits per heavy atom. The van der Waals surface area contributed by atoms with E-state index in [4.69, 9.17) is 9.26 Å². The van der Waals surface area contributed by atoms with E-state index in [9.17, 15) is 13.2 Å². The molecule has 1 aliphatic rings. The van der Waals surface area contributed by atoms with Crippen LogP contribution in [0.1, 0.15) is 37.4 Å². The zero-order chi connectivity index (χ0) is 14.6. The topological polar surface area (TPSA) is 60.2 Å². The van der Waals surface area contributed by atoms with Crippen LogP contribution < -0.4 is 5.32 Å². The Kier molecular flexibility index (Phi) is 4.98. The Morgan fingerprint density at radius 3 is 2.80 bits per heavy atom. The number of methoxy groups -OCH3 is 1. The van der Waals surface area contributed by atoms with Crippen LogP contribution in [0.4, 0.5) is 13.2 Å². The summed E-state index contributed by atoms with van der Waals surface area (Å²) >= 11 is 0. The minimum Gasteiger partial charge on any atom is -0.375 e. The fourth-order valence-corrected chi connectivity index (χ4v) is 2.53. The number of rotatable bonds is 5. The molecule has 1 aromatic heterocycles. The average molecular weight is 293 g/mol. The van der Waals surface area contributed by atoms with Gasteiger partial charge in [0.25, 0.3) is 5.89 Å². The molecule has 0 spiro atoms. The molecular weight excluding hydrogens is 275 g/mol. The van der Waals surface area contributed by atoms with Crippen LogP contribution in [0.15, 0.2) is 4.52 Å². The van der Waals surface area contributed by atoms with E-state index in [-0.39, 0.29) is 19.6 Å². The smallest absolute Gasteiger partial charge is 0.375 e. The highest BCUT2D eigenvalue weighted by Crippen LogP contribution is 2.37. The van der Waals surface area contributed by atoms with Gasteiger partial charge in [-0.2, -0.15) is 18.2 Å². The lowest BCUT2D eigenvalue weighted by atomic mass is 9.84. The van der Waals surface area contributed by atoms with Crippen LogP contribution in [-0.4, -0.2) is 29.5 Å². The van der Waals surface area contributed by atoms with Crippen LogP contribution in [0.2, 0.25) is 0 Å². The van der Waals surface area contributed by atoms with Gasteiger partial charge in [0.2, 0.25) is 0 Å². The van der Waals surface area contributed by atoms with Gasteiger partial charge in [0.1, 0.15) is 6.61 Å². The van der Waals surface area contributed by atoms with E-state index in [1.165, 1.54) is 7.11 Å². The molecule has 5 nitrogen and oxygen atoms in total. The fourth-order valence-electron chi connectivity index (χ4n) is 2.53. The van der Waals surface area contributed by atoms with Crippen LogP contribution in [-0.2, 0) is 17.9 Å². The van der Waals surface area contributed by atoms with Crippen LogP contribution >= 0.6 is 0 Å². The van der Waals surface area contributed by atoms with Crippen molar-refractivity contribution in [3.8, 4) is 0 Å². The molecule has 2 rings (SSSR count). The molecular formula is C12H18F3N3O2. The third kappa shape index (κ3) is 3.92. The summed E-state index contributed by atoms with van der Waals surface area (Å²) in [5.41, 5.74) is 0. The minimum absolute atomic E-state index is 0.171. The summed E-state index contributed by atoms with van der Waals surface area (Å²) in [7, 11) is 1.50. The first-order valence-corrected chi connectivity index (χ1v) is 6.61. The molecule has 1 aromatic rings. The van der Waals surface area contributed by atoms with Crippen molar-refractivity contribution in [2.75, 3.05) is 7.11 Å². The Labute approximate surface area is 114 Å². The molecule has 0 amide bonds. The van der Waals surface area contributed by atoms with Crippen LogP contribution in [0.5, 0.6) is 0 Å². The zero-order valence-electron chi connectivity index (χ0n) is 11.2. The van der Waals surface area contributed by atoms with E-state index >= 15 is 0 Å². The summed E-state index contributed by atoms with van der Waals surface area (Å²) in [5.74, 6) is -0.620. The van der Waals surface area contributed by atoms with Crippen molar-refractivity contribution >= 4 is 0 Å². The monoisotopic (exact) mass is 293 g/mol. The second-order valence-electron chi connectivity index (χ2n) is 4.96.